The first-order chi connectivity index (χ1) is 10.1. The smallest absolute Gasteiger partial charge is 0.466 e. The molecule has 0 saturated heterocycles. The second kappa shape index (κ2) is 13.2. The number of rotatable bonds is 14. The molecule has 21 heavy (non-hydrogen) atoms. The maximum absolute atomic E-state index is 11.2. The standard InChI is InChI=1S/C14H31NO5Si/c1-5-17-14(16)10-12-15-11-9-13-21(18-6-2,19-7-3)20-8-4/h15H,5-13H2,1-4H3. The summed E-state index contributed by atoms with van der Waals surface area (Å²) in [5.74, 6) is -0.160. The van der Waals surface area contributed by atoms with Gasteiger partial charge in [0.25, 0.3) is 0 Å². The Kier molecular flexibility index (Phi) is 12.9. The Hall–Kier alpha value is -0.473. The van der Waals surface area contributed by atoms with Crippen LogP contribution in [0.4, 0.5) is 0 Å². The highest BCUT2D eigenvalue weighted by Crippen LogP contribution is 2.17. The van der Waals surface area contributed by atoms with Gasteiger partial charge in [-0.3, -0.25) is 4.79 Å². The zero-order chi connectivity index (χ0) is 16.0. The van der Waals surface area contributed by atoms with Crippen LogP contribution in [0.3, 0.4) is 0 Å². The third kappa shape index (κ3) is 9.97. The van der Waals surface area contributed by atoms with Gasteiger partial charge in [-0.25, -0.2) is 0 Å². The molecule has 0 spiro atoms. The van der Waals surface area contributed by atoms with Crippen molar-refractivity contribution < 1.29 is 22.8 Å². The molecule has 0 amide bonds. The van der Waals surface area contributed by atoms with Gasteiger partial charge in [-0.05, 0) is 40.7 Å². The van der Waals surface area contributed by atoms with Crippen LogP contribution in [0.25, 0.3) is 0 Å². The van der Waals surface area contributed by atoms with Gasteiger partial charge in [-0.15, -0.1) is 0 Å². The SMILES string of the molecule is CCOC(=O)CCNCCC[Si](OCC)(OCC)OCC. The van der Waals surface area contributed by atoms with Crippen molar-refractivity contribution in [2.45, 2.75) is 46.6 Å². The Morgan fingerprint density at radius 1 is 0.905 bits per heavy atom. The van der Waals surface area contributed by atoms with E-state index < -0.39 is 8.80 Å². The Morgan fingerprint density at radius 3 is 1.95 bits per heavy atom. The fourth-order valence-electron chi connectivity index (χ4n) is 1.98. The van der Waals surface area contributed by atoms with Crippen LogP contribution in [0.5, 0.6) is 0 Å². The van der Waals surface area contributed by atoms with Crippen LogP contribution in [0.15, 0.2) is 0 Å². The van der Waals surface area contributed by atoms with Gasteiger partial charge in [0.1, 0.15) is 0 Å². The van der Waals surface area contributed by atoms with E-state index in [-0.39, 0.29) is 5.97 Å². The number of carbonyl (C=O) groups excluding carboxylic acids is 1. The molecule has 0 aliphatic rings. The third-order valence-electron chi connectivity index (χ3n) is 2.74. The van der Waals surface area contributed by atoms with E-state index in [1.165, 1.54) is 0 Å². The Bertz CT molecular complexity index is 249. The normalized spacial score (nSPS) is 11.6. The Morgan fingerprint density at radius 2 is 1.48 bits per heavy atom. The van der Waals surface area contributed by atoms with Crippen LogP contribution < -0.4 is 5.32 Å². The lowest BCUT2D eigenvalue weighted by atomic mass is 10.4. The summed E-state index contributed by atoms with van der Waals surface area (Å²) in [5, 5.41) is 3.23. The van der Waals surface area contributed by atoms with E-state index in [4.69, 9.17) is 18.0 Å². The van der Waals surface area contributed by atoms with Crippen LogP contribution in [-0.2, 0) is 22.8 Å². The Balaban J connectivity index is 3.93. The summed E-state index contributed by atoms with van der Waals surface area (Å²) in [6, 6.07) is 0.787. The summed E-state index contributed by atoms with van der Waals surface area (Å²) in [6.45, 7) is 11.3. The molecule has 0 aromatic heterocycles. The summed E-state index contributed by atoms with van der Waals surface area (Å²) >= 11 is 0. The van der Waals surface area contributed by atoms with E-state index in [9.17, 15) is 4.79 Å². The number of carbonyl (C=O) groups is 1. The molecule has 0 saturated carbocycles. The molecule has 0 atom stereocenters. The molecule has 1 N–H and O–H groups in total. The minimum Gasteiger partial charge on any atom is -0.466 e. The monoisotopic (exact) mass is 321 g/mol. The molecule has 0 aromatic rings. The van der Waals surface area contributed by atoms with Gasteiger partial charge >= 0.3 is 14.8 Å². The van der Waals surface area contributed by atoms with E-state index >= 15 is 0 Å². The number of esters is 1. The fraction of sp³-hybridized carbons (Fsp3) is 0.929. The van der Waals surface area contributed by atoms with Crippen molar-refractivity contribution in [1.29, 1.82) is 0 Å². The first-order valence-corrected chi connectivity index (χ1v) is 9.85. The number of ether oxygens (including phenoxy) is 1. The minimum absolute atomic E-state index is 0.160. The zero-order valence-corrected chi connectivity index (χ0v) is 14.9. The van der Waals surface area contributed by atoms with E-state index in [0.29, 0.717) is 39.4 Å². The second-order valence-electron chi connectivity index (χ2n) is 4.39. The van der Waals surface area contributed by atoms with E-state index in [2.05, 4.69) is 5.32 Å². The van der Waals surface area contributed by atoms with Crippen molar-refractivity contribution in [3.63, 3.8) is 0 Å². The van der Waals surface area contributed by atoms with Gasteiger partial charge in [-0.1, -0.05) is 0 Å². The lowest BCUT2D eigenvalue weighted by Crippen LogP contribution is -2.46. The van der Waals surface area contributed by atoms with Crippen molar-refractivity contribution in [3.05, 3.63) is 0 Å². The van der Waals surface area contributed by atoms with Gasteiger partial charge in [0.2, 0.25) is 0 Å². The quantitative estimate of drug-likeness (QED) is 0.300. The van der Waals surface area contributed by atoms with Crippen LogP contribution >= 0.6 is 0 Å². The molecule has 7 heteroatoms. The van der Waals surface area contributed by atoms with Crippen LogP contribution in [0, 0.1) is 0 Å². The average molecular weight is 321 g/mol. The molecule has 6 nitrogen and oxygen atoms in total. The third-order valence-corrected chi connectivity index (χ3v) is 5.89. The lowest BCUT2D eigenvalue weighted by Gasteiger charge is -2.28. The maximum Gasteiger partial charge on any atom is 0.500 e. The van der Waals surface area contributed by atoms with Crippen LogP contribution in [-0.4, -0.2) is 54.3 Å². The van der Waals surface area contributed by atoms with E-state index in [1.807, 2.05) is 27.7 Å². The first-order valence-electron chi connectivity index (χ1n) is 7.92. The van der Waals surface area contributed by atoms with Crippen LogP contribution in [0.1, 0.15) is 40.5 Å². The molecule has 0 bridgehead atoms. The average Bonchev–Trinajstić information content (AvgIpc) is 2.44. The largest absolute Gasteiger partial charge is 0.500 e. The van der Waals surface area contributed by atoms with E-state index in [1.54, 1.807) is 0 Å². The molecule has 126 valence electrons. The summed E-state index contributed by atoms with van der Waals surface area (Å²) in [7, 11) is -2.52. The molecule has 0 radical (unpaired) electrons. The molecule has 0 heterocycles. The summed E-state index contributed by atoms with van der Waals surface area (Å²) in [5.41, 5.74) is 0. The first kappa shape index (κ1) is 20.5. The van der Waals surface area contributed by atoms with Crippen molar-refractivity contribution in [2.24, 2.45) is 0 Å². The van der Waals surface area contributed by atoms with Gasteiger partial charge in [-0.2, -0.15) is 0 Å². The Labute approximate surface area is 129 Å². The van der Waals surface area contributed by atoms with E-state index in [0.717, 1.165) is 19.0 Å². The predicted molar refractivity (Wildman–Crippen MR) is 84.2 cm³/mol. The molecular weight excluding hydrogens is 290 g/mol. The predicted octanol–water partition coefficient (Wildman–Crippen LogP) is 1.97. The highest BCUT2D eigenvalue weighted by Gasteiger charge is 2.39. The molecule has 0 unspecified atom stereocenters. The molecule has 0 aliphatic carbocycles. The fourth-order valence-corrected chi connectivity index (χ4v) is 4.59. The summed E-state index contributed by atoms with van der Waals surface area (Å²) in [6.07, 6.45) is 1.30. The molecule has 0 aromatic carbocycles. The summed E-state index contributed by atoms with van der Waals surface area (Å²) in [4.78, 5) is 11.2. The topological polar surface area (TPSA) is 66.0 Å². The minimum atomic E-state index is -2.52. The van der Waals surface area contributed by atoms with Gasteiger partial charge in [0, 0.05) is 32.4 Å². The molecule has 0 rings (SSSR count). The lowest BCUT2D eigenvalue weighted by molar-refractivity contribution is -0.142. The molecular formula is C14H31NO5Si. The number of hydrogen-bond donors (Lipinski definition) is 1. The van der Waals surface area contributed by atoms with Crippen molar-refractivity contribution in [2.75, 3.05) is 39.5 Å². The van der Waals surface area contributed by atoms with Gasteiger partial charge in [0.05, 0.1) is 13.0 Å². The molecule has 0 fully saturated rings. The van der Waals surface area contributed by atoms with Crippen molar-refractivity contribution >= 4 is 14.8 Å². The number of hydrogen-bond acceptors (Lipinski definition) is 6. The van der Waals surface area contributed by atoms with Gasteiger partial charge in [0.15, 0.2) is 0 Å². The summed E-state index contributed by atoms with van der Waals surface area (Å²) < 4.78 is 22.2. The highest BCUT2D eigenvalue weighted by molar-refractivity contribution is 6.60. The zero-order valence-electron chi connectivity index (χ0n) is 13.9. The van der Waals surface area contributed by atoms with Crippen molar-refractivity contribution in [1.82, 2.24) is 5.32 Å². The maximum atomic E-state index is 11.2. The second-order valence-corrected chi connectivity index (χ2v) is 7.12. The molecule has 0 aliphatic heterocycles. The van der Waals surface area contributed by atoms with Crippen LogP contribution in [0.2, 0.25) is 6.04 Å². The van der Waals surface area contributed by atoms with Crippen molar-refractivity contribution in [3.8, 4) is 0 Å². The highest BCUT2D eigenvalue weighted by atomic mass is 28.4. The van der Waals surface area contributed by atoms with Gasteiger partial charge < -0.3 is 23.3 Å². The number of nitrogens with one attached hydrogen (secondary N) is 1.